The maximum Gasteiger partial charge on any atom is 0.356 e. The van der Waals surface area contributed by atoms with Crippen LogP contribution in [0.25, 0.3) is 0 Å². The van der Waals surface area contributed by atoms with Crippen molar-refractivity contribution >= 4 is 23.5 Å². The molecule has 1 heterocycles. The minimum Gasteiger partial charge on any atom is -0.464 e. The number of pyridine rings is 1. The van der Waals surface area contributed by atoms with Crippen LogP contribution < -0.4 is 5.32 Å². The predicted octanol–water partition coefficient (Wildman–Crippen LogP) is 3.01. The lowest BCUT2D eigenvalue weighted by Gasteiger charge is -2.14. The predicted molar refractivity (Wildman–Crippen MR) is 82.9 cm³/mol. The van der Waals surface area contributed by atoms with Crippen molar-refractivity contribution in [1.29, 1.82) is 0 Å². The maximum absolute atomic E-state index is 12.2. The Balaban J connectivity index is 2.13. The number of ether oxygens (including phenoxy) is 1. The number of hydrogen-bond donors (Lipinski definition) is 1. The number of nitrogens with zero attached hydrogens (tertiary/aromatic N) is 1. The normalized spacial score (nSPS) is 11.6. The zero-order valence-electron chi connectivity index (χ0n) is 12.2. The van der Waals surface area contributed by atoms with Gasteiger partial charge in [-0.15, -0.1) is 0 Å². The third kappa shape index (κ3) is 3.83. The van der Waals surface area contributed by atoms with Crippen molar-refractivity contribution in [1.82, 2.24) is 10.3 Å². The number of carbonyl (C=O) groups excluding carboxylic acids is 2. The highest BCUT2D eigenvalue weighted by atomic mass is 35.5. The molecule has 2 aromatic rings. The molecule has 0 aliphatic heterocycles. The molecule has 0 bridgehead atoms. The Kier molecular flexibility index (Phi) is 5.12. The maximum atomic E-state index is 12.2. The first-order chi connectivity index (χ1) is 10.5. The van der Waals surface area contributed by atoms with Crippen molar-refractivity contribution in [2.75, 3.05) is 7.11 Å². The lowest BCUT2D eigenvalue weighted by atomic mass is 10.1. The Morgan fingerprint density at radius 1 is 1.18 bits per heavy atom. The van der Waals surface area contributed by atoms with Gasteiger partial charge >= 0.3 is 5.97 Å². The van der Waals surface area contributed by atoms with Gasteiger partial charge in [0.05, 0.1) is 13.2 Å². The van der Waals surface area contributed by atoms with E-state index in [9.17, 15) is 9.59 Å². The fourth-order valence-electron chi connectivity index (χ4n) is 1.91. The molecule has 5 nitrogen and oxygen atoms in total. The summed E-state index contributed by atoms with van der Waals surface area (Å²) in [6.45, 7) is 1.84. The van der Waals surface area contributed by atoms with Crippen molar-refractivity contribution < 1.29 is 14.3 Å². The molecule has 6 heteroatoms. The van der Waals surface area contributed by atoms with Crippen LogP contribution in [0.5, 0.6) is 0 Å². The first kappa shape index (κ1) is 16.0. The molecule has 0 saturated heterocycles. The minimum atomic E-state index is -0.586. The average Bonchev–Trinajstić information content (AvgIpc) is 2.54. The summed E-state index contributed by atoms with van der Waals surface area (Å²) in [6, 6.07) is 11.6. The highest BCUT2D eigenvalue weighted by Gasteiger charge is 2.15. The SMILES string of the molecule is COC(=O)c1cccc(C(=O)NC(C)c2cccc(Cl)c2)n1. The number of nitrogens with one attached hydrogen (secondary N) is 1. The van der Waals surface area contributed by atoms with Gasteiger partial charge < -0.3 is 10.1 Å². The number of methoxy groups -OCH3 is 1. The van der Waals surface area contributed by atoms with Crippen molar-refractivity contribution in [3.05, 3.63) is 64.4 Å². The molecule has 0 fully saturated rings. The first-order valence-electron chi connectivity index (χ1n) is 6.63. The Morgan fingerprint density at radius 2 is 1.86 bits per heavy atom. The van der Waals surface area contributed by atoms with E-state index in [0.717, 1.165) is 5.56 Å². The zero-order chi connectivity index (χ0) is 16.1. The molecule has 1 amide bonds. The van der Waals surface area contributed by atoms with E-state index in [1.807, 2.05) is 19.1 Å². The molecule has 1 aromatic heterocycles. The number of benzene rings is 1. The quantitative estimate of drug-likeness (QED) is 0.880. The molecule has 0 saturated carbocycles. The Bertz CT molecular complexity index is 703. The van der Waals surface area contributed by atoms with Crippen LogP contribution in [0.15, 0.2) is 42.5 Å². The topological polar surface area (TPSA) is 68.3 Å². The van der Waals surface area contributed by atoms with Gasteiger partial charge in [0.1, 0.15) is 11.4 Å². The monoisotopic (exact) mass is 318 g/mol. The number of carbonyl (C=O) groups is 2. The number of amides is 1. The van der Waals surface area contributed by atoms with Gasteiger partial charge in [-0.25, -0.2) is 9.78 Å². The summed E-state index contributed by atoms with van der Waals surface area (Å²) in [5, 5.41) is 3.41. The van der Waals surface area contributed by atoms with Crippen LogP contribution in [-0.4, -0.2) is 24.0 Å². The fourth-order valence-corrected chi connectivity index (χ4v) is 2.11. The van der Waals surface area contributed by atoms with Crippen LogP contribution in [0.1, 0.15) is 39.5 Å². The number of esters is 1. The summed E-state index contributed by atoms with van der Waals surface area (Å²) < 4.78 is 4.59. The second-order valence-corrected chi connectivity index (χ2v) is 5.09. The minimum absolute atomic E-state index is 0.0885. The van der Waals surface area contributed by atoms with Crippen molar-refractivity contribution in [2.24, 2.45) is 0 Å². The third-order valence-corrected chi connectivity index (χ3v) is 3.31. The molecule has 0 spiro atoms. The molecule has 0 radical (unpaired) electrons. The van der Waals surface area contributed by atoms with Gasteiger partial charge in [-0.1, -0.05) is 29.8 Å². The second kappa shape index (κ2) is 7.04. The van der Waals surface area contributed by atoms with E-state index < -0.39 is 5.97 Å². The molecule has 0 aliphatic rings. The summed E-state index contributed by atoms with van der Waals surface area (Å²) in [6.07, 6.45) is 0. The average molecular weight is 319 g/mol. The highest BCUT2D eigenvalue weighted by Crippen LogP contribution is 2.17. The lowest BCUT2D eigenvalue weighted by molar-refractivity contribution is 0.0594. The lowest BCUT2D eigenvalue weighted by Crippen LogP contribution is -2.27. The van der Waals surface area contributed by atoms with E-state index in [1.165, 1.54) is 19.2 Å². The second-order valence-electron chi connectivity index (χ2n) is 4.65. The molecule has 1 atom stereocenters. The zero-order valence-corrected chi connectivity index (χ0v) is 12.9. The summed E-state index contributed by atoms with van der Waals surface area (Å²) in [7, 11) is 1.26. The van der Waals surface area contributed by atoms with Crippen LogP contribution in [0.3, 0.4) is 0 Å². The van der Waals surface area contributed by atoms with Gasteiger partial charge in [-0.2, -0.15) is 0 Å². The molecular formula is C16H15ClN2O3. The number of hydrogen-bond acceptors (Lipinski definition) is 4. The smallest absolute Gasteiger partial charge is 0.356 e. The largest absolute Gasteiger partial charge is 0.464 e. The van der Waals surface area contributed by atoms with Crippen LogP contribution in [0.2, 0.25) is 5.02 Å². The van der Waals surface area contributed by atoms with E-state index in [1.54, 1.807) is 18.2 Å². The summed E-state index contributed by atoms with van der Waals surface area (Å²) in [5.41, 5.74) is 1.12. The van der Waals surface area contributed by atoms with Gasteiger partial charge in [-0.3, -0.25) is 4.79 Å². The van der Waals surface area contributed by atoms with Crippen molar-refractivity contribution in [2.45, 2.75) is 13.0 Å². The molecule has 1 N–H and O–H groups in total. The first-order valence-corrected chi connectivity index (χ1v) is 7.00. The Hall–Kier alpha value is -2.40. The third-order valence-electron chi connectivity index (χ3n) is 3.07. The Morgan fingerprint density at radius 3 is 2.55 bits per heavy atom. The summed E-state index contributed by atoms with van der Waals surface area (Å²) >= 11 is 5.94. The molecule has 1 aromatic carbocycles. The molecular weight excluding hydrogens is 304 g/mol. The molecule has 114 valence electrons. The summed E-state index contributed by atoms with van der Waals surface area (Å²) in [4.78, 5) is 27.7. The van der Waals surface area contributed by atoms with E-state index >= 15 is 0 Å². The molecule has 22 heavy (non-hydrogen) atoms. The van der Waals surface area contributed by atoms with Crippen LogP contribution in [0.4, 0.5) is 0 Å². The molecule has 0 aliphatic carbocycles. The van der Waals surface area contributed by atoms with Gasteiger partial charge in [0.25, 0.3) is 5.91 Å². The molecule has 2 rings (SSSR count). The van der Waals surface area contributed by atoms with Crippen molar-refractivity contribution in [3.63, 3.8) is 0 Å². The Labute approximate surface area is 133 Å². The van der Waals surface area contributed by atoms with Crippen LogP contribution in [-0.2, 0) is 4.74 Å². The van der Waals surface area contributed by atoms with Crippen LogP contribution in [0, 0.1) is 0 Å². The van der Waals surface area contributed by atoms with Gasteiger partial charge in [-0.05, 0) is 36.8 Å². The van der Waals surface area contributed by atoms with Crippen molar-refractivity contribution in [3.8, 4) is 0 Å². The van der Waals surface area contributed by atoms with E-state index in [4.69, 9.17) is 11.6 Å². The number of aromatic nitrogens is 1. The van der Waals surface area contributed by atoms with Gasteiger partial charge in [0.2, 0.25) is 0 Å². The molecule has 1 unspecified atom stereocenters. The van der Waals surface area contributed by atoms with Gasteiger partial charge in [0.15, 0.2) is 0 Å². The fraction of sp³-hybridized carbons (Fsp3) is 0.188. The number of rotatable bonds is 4. The van der Waals surface area contributed by atoms with Crippen LogP contribution >= 0.6 is 11.6 Å². The highest BCUT2D eigenvalue weighted by molar-refractivity contribution is 6.30. The van der Waals surface area contributed by atoms with E-state index in [-0.39, 0.29) is 23.3 Å². The standard InChI is InChI=1S/C16H15ClN2O3/c1-10(11-5-3-6-12(17)9-11)18-15(20)13-7-4-8-14(19-13)16(21)22-2/h3-10H,1-2H3,(H,18,20). The van der Waals surface area contributed by atoms with Gasteiger partial charge in [0, 0.05) is 5.02 Å². The van der Waals surface area contributed by atoms with E-state index in [0.29, 0.717) is 5.02 Å². The number of halogens is 1. The summed E-state index contributed by atoms with van der Waals surface area (Å²) in [5.74, 6) is -0.962. The van der Waals surface area contributed by atoms with E-state index in [2.05, 4.69) is 15.0 Å².